The van der Waals surface area contributed by atoms with Gasteiger partial charge in [-0.25, -0.2) is 8.91 Å². The highest BCUT2D eigenvalue weighted by Gasteiger charge is 2.33. The van der Waals surface area contributed by atoms with Crippen molar-refractivity contribution in [2.75, 3.05) is 11.9 Å². The lowest BCUT2D eigenvalue weighted by Crippen LogP contribution is -2.45. The van der Waals surface area contributed by atoms with E-state index in [1.54, 1.807) is 16.6 Å². The summed E-state index contributed by atoms with van der Waals surface area (Å²) in [4.78, 5) is 41.7. The van der Waals surface area contributed by atoms with Gasteiger partial charge in [0.05, 0.1) is 46.5 Å². The summed E-state index contributed by atoms with van der Waals surface area (Å²) in [6.45, 7) is 9.29. The largest absolute Gasteiger partial charge is 0.460 e. The number of hydrogen-bond acceptors (Lipinski definition) is 9. The third-order valence-electron chi connectivity index (χ3n) is 7.73. The van der Waals surface area contributed by atoms with Crippen molar-refractivity contribution in [1.82, 2.24) is 19.9 Å². The summed E-state index contributed by atoms with van der Waals surface area (Å²) in [6.07, 6.45) is 4.83. The molecule has 1 atom stereocenters. The number of carbonyl (C=O) groups is 3. The van der Waals surface area contributed by atoms with Crippen molar-refractivity contribution in [2.24, 2.45) is 5.92 Å². The molecule has 1 fully saturated rings. The molecular formula is C33H41FN6O5. The molecule has 4 rings (SSSR count). The number of aromatic nitrogens is 3. The average molecular weight is 621 g/mol. The Kier molecular flexibility index (Phi) is 10.1. The first-order chi connectivity index (χ1) is 21.1. The van der Waals surface area contributed by atoms with Crippen LogP contribution in [-0.4, -0.2) is 62.4 Å². The number of alkyl halides is 1. The number of carbonyl (C=O) groups excluding carboxylic acids is 3. The van der Waals surface area contributed by atoms with Gasteiger partial charge in [0.1, 0.15) is 17.3 Å². The van der Waals surface area contributed by atoms with Gasteiger partial charge in [0.2, 0.25) is 0 Å². The molecule has 240 valence electrons. The number of pyridine rings is 1. The van der Waals surface area contributed by atoms with E-state index in [1.165, 1.54) is 33.2 Å². The quantitative estimate of drug-likeness (QED) is 0.285. The summed E-state index contributed by atoms with van der Waals surface area (Å²) < 4.78 is 27.2. The molecule has 1 aliphatic rings. The summed E-state index contributed by atoms with van der Waals surface area (Å²) in [5.41, 5.74) is 1.16. The normalized spacial score (nSPS) is 17.6. The van der Waals surface area contributed by atoms with Crippen LogP contribution in [0.4, 0.5) is 10.1 Å². The molecule has 3 aromatic rings. The van der Waals surface area contributed by atoms with Crippen molar-refractivity contribution in [3.05, 3.63) is 47.8 Å². The van der Waals surface area contributed by atoms with Crippen molar-refractivity contribution >= 4 is 29.0 Å². The summed E-state index contributed by atoms with van der Waals surface area (Å²) in [5, 5.41) is 19.7. The maximum Gasteiger partial charge on any atom is 0.306 e. The third kappa shape index (κ3) is 8.77. The predicted molar refractivity (Wildman–Crippen MR) is 166 cm³/mol. The zero-order chi connectivity index (χ0) is 32.9. The highest BCUT2D eigenvalue weighted by Crippen LogP contribution is 2.32. The molecule has 0 unspecified atom stereocenters. The van der Waals surface area contributed by atoms with E-state index in [0.717, 1.165) is 31.2 Å². The lowest BCUT2D eigenvalue weighted by Gasteiger charge is -2.31. The monoisotopic (exact) mass is 620 g/mol. The first kappa shape index (κ1) is 33.4. The number of ether oxygens (including phenoxy) is 2. The van der Waals surface area contributed by atoms with Crippen molar-refractivity contribution < 1.29 is 28.2 Å². The fraction of sp³-hybridized carbons (Fsp3) is 0.515. The Morgan fingerprint density at radius 2 is 1.80 bits per heavy atom. The second kappa shape index (κ2) is 13.6. The Bertz CT molecular complexity index is 1600. The lowest BCUT2D eigenvalue weighted by atomic mass is 9.84. The number of hydrogen-bond donors (Lipinski definition) is 2. The first-order valence-electron chi connectivity index (χ1n) is 15.1. The van der Waals surface area contributed by atoms with E-state index >= 15 is 0 Å². The SMILES string of the molecule is CC(=O)OC(C)(C)[C@H](F)CNC(=O)c1cnc(-c2ccc3cc(C#N)cnn23)cc1NC1CCC(CC(=O)OC(C)(C)C)CC1. The van der Waals surface area contributed by atoms with E-state index in [2.05, 4.69) is 26.8 Å². The number of halogens is 1. The van der Waals surface area contributed by atoms with Crippen molar-refractivity contribution in [2.45, 2.75) is 97.1 Å². The molecule has 2 N–H and O–H groups in total. The van der Waals surface area contributed by atoms with Crippen molar-refractivity contribution in [1.29, 1.82) is 5.26 Å². The van der Waals surface area contributed by atoms with Crippen molar-refractivity contribution in [3.63, 3.8) is 0 Å². The minimum atomic E-state index is -1.65. The molecular weight excluding hydrogens is 579 g/mol. The Morgan fingerprint density at radius 1 is 1.09 bits per heavy atom. The number of nitrogens with zero attached hydrogens (tertiary/aromatic N) is 4. The molecule has 3 heterocycles. The van der Waals surface area contributed by atoms with Crippen LogP contribution in [-0.2, 0) is 19.1 Å². The minimum absolute atomic E-state index is 0.0267. The van der Waals surface area contributed by atoms with Gasteiger partial charge in [0.15, 0.2) is 6.17 Å². The second-order valence-electron chi connectivity index (χ2n) is 13.1. The van der Waals surface area contributed by atoms with Crippen LogP contribution in [0.3, 0.4) is 0 Å². The van der Waals surface area contributed by atoms with Crippen LogP contribution in [0.15, 0.2) is 36.7 Å². The van der Waals surface area contributed by atoms with E-state index in [-0.39, 0.29) is 30.0 Å². The van der Waals surface area contributed by atoms with E-state index < -0.39 is 29.3 Å². The average Bonchev–Trinajstić information content (AvgIpc) is 3.38. The standard InChI is InChI=1S/C33H41FN6O5/c1-20(41)44-33(5,6)29(34)19-37-31(43)25-18-36-27(28-12-11-24-13-22(16-35)17-38-40(24)28)15-26(25)39-23-9-7-21(8-10-23)14-30(42)45-32(2,3)4/h11-13,15,17-18,21,23,29H,7-10,14,19H2,1-6H3,(H,36,39)(H,37,43)/t21?,23?,29-/m1/s1. The van der Waals surface area contributed by atoms with Crippen LogP contribution < -0.4 is 10.6 Å². The lowest BCUT2D eigenvalue weighted by molar-refractivity contribution is -0.160. The van der Waals surface area contributed by atoms with Crippen LogP contribution in [0.2, 0.25) is 0 Å². The maximum atomic E-state index is 15.0. The summed E-state index contributed by atoms with van der Waals surface area (Å²) >= 11 is 0. The van der Waals surface area contributed by atoms with Crippen LogP contribution in [0.5, 0.6) is 0 Å². The molecule has 3 aromatic heterocycles. The first-order valence-corrected chi connectivity index (χ1v) is 15.1. The third-order valence-corrected chi connectivity index (χ3v) is 7.73. The van der Waals surface area contributed by atoms with Gasteiger partial charge in [0, 0.05) is 25.6 Å². The van der Waals surface area contributed by atoms with Gasteiger partial charge in [-0.2, -0.15) is 10.4 Å². The molecule has 45 heavy (non-hydrogen) atoms. The molecule has 0 bridgehead atoms. The molecule has 0 saturated heterocycles. The van der Waals surface area contributed by atoms with Gasteiger partial charge in [-0.3, -0.25) is 19.4 Å². The fourth-order valence-electron chi connectivity index (χ4n) is 5.46. The summed E-state index contributed by atoms with van der Waals surface area (Å²) in [6, 6.07) is 9.26. The molecule has 12 heteroatoms. The second-order valence-corrected chi connectivity index (χ2v) is 13.1. The van der Waals surface area contributed by atoms with E-state index in [1.807, 2.05) is 32.9 Å². The van der Waals surface area contributed by atoms with Gasteiger partial charge in [0.25, 0.3) is 5.91 Å². The Labute approximate surface area is 262 Å². The highest BCUT2D eigenvalue weighted by atomic mass is 19.1. The molecule has 11 nitrogen and oxygen atoms in total. The fourth-order valence-corrected chi connectivity index (χ4v) is 5.46. The Hall–Kier alpha value is -4.53. The number of fused-ring (bicyclic) bond motifs is 1. The molecule has 1 amide bonds. The zero-order valence-electron chi connectivity index (χ0n) is 26.6. The van der Waals surface area contributed by atoms with E-state index in [0.29, 0.717) is 29.1 Å². The van der Waals surface area contributed by atoms with Gasteiger partial charge < -0.3 is 20.1 Å². The number of rotatable bonds is 10. The molecule has 0 spiro atoms. The van der Waals surface area contributed by atoms with Gasteiger partial charge in [-0.1, -0.05) is 0 Å². The molecule has 0 aromatic carbocycles. The van der Waals surface area contributed by atoms with Gasteiger partial charge in [-0.15, -0.1) is 0 Å². The van der Waals surface area contributed by atoms with E-state index in [9.17, 15) is 24.0 Å². The molecule has 0 radical (unpaired) electrons. The number of anilines is 1. The van der Waals surface area contributed by atoms with Crippen molar-refractivity contribution in [3.8, 4) is 17.5 Å². The van der Waals surface area contributed by atoms with Crippen LogP contribution in [0.1, 0.15) is 89.6 Å². The van der Waals surface area contributed by atoms with E-state index in [4.69, 9.17) is 9.47 Å². The van der Waals surface area contributed by atoms with Gasteiger partial charge in [-0.05, 0) is 90.5 Å². The molecule has 0 aliphatic heterocycles. The topological polar surface area (TPSA) is 148 Å². The minimum Gasteiger partial charge on any atom is -0.460 e. The predicted octanol–water partition coefficient (Wildman–Crippen LogP) is 5.38. The molecule has 1 saturated carbocycles. The number of esters is 2. The summed E-state index contributed by atoms with van der Waals surface area (Å²) in [5.74, 6) is -1.13. The van der Waals surface area contributed by atoms with Crippen LogP contribution >= 0.6 is 0 Å². The summed E-state index contributed by atoms with van der Waals surface area (Å²) in [7, 11) is 0. The number of nitriles is 1. The van der Waals surface area contributed by atoms with Gasteiger partial charge >= 0.3 is 11.9 Å². The highest BCUT2D eigenvalue weighted by molar-refractivity contribution is 6.00. The number of amides is 1. The Balaban J connectivity index is 1.54. The Morgan fingerprint density at radius 3 is 2.44 bits per heavy atom. The molecule has 1 aliphatic carbocycles. The maximum absolute atomic E-state index is 15.0. The van der Waals surface area contributed by atoms with Crippen LogP contribution in [0, 0.1) is 17.2 Å². The number of nitrogens with one attached hydrogen (secondary N) is 2. The zero-order valence-corrected chi connectivity index (χ0v) is 26.6. The smallest absolute Gasteiger partial charge is 0.306 e. The van der Waals surface area contributed by atoms with Crippen LogP contribution in [0.25, 0.3) is 16.9 Å².